The summed E-state index contributed by atoms with van der Waals surface area (Å²) < 4.78 is 10.4. The number of carbonyl (C=O) groups excluding carboxylic acids is 1. The lowest BCUT2D eigenvalue weighted by atomic mass is 10.3. The SMILES string of the molecule is C=C(C)C(=O)OCC(C)O[Si](C)C. The van der Waals surface area contributed by atoms with E-state index in [1.54, 1.807) is 6.92 Å². The highest BCUT2D eigenvalue weighted by Gasteiger charge is 2.09. The highest BCUT2D eigenvalue weighted by Crippen LogP contribution is 1.98. The predicted molar refractivity (Wildman–Crippen MR) is 53.8 cm³/mol. The maximum Gasteiger partial charge on any atom is 0.333 e. The van der Waals surface area contributed by atoms with Gasteiger partial charge in [-0.1, -0.05) is 6.58 Å². The van der Waals surface area contributed by atoms with Crippen LogP contribution in [0.15, 0.2) is 12.2 Å². The van der Waals surface area contributed by atoms with Crippen molar-refractivity contribution >= 4 is 15.0 Å². The van der Waals surface area contributed by atoms with Crippen molar-refractivity contribution < 1.29 is 14.0 Å². The lowest BCUT2D eigenvalue weighted by Crippen LogP contribution is -2.24. The molecule has 0 aliphatic heterocycles. The minimum atomic E-state index is -0.715. The van der Waals surface area contributed by atoms with Gasteiger partial charge in [-0.2, -0.15) is 0 Å². The number of rotatable bonds is 5. The Morgan fingerprint density at radius 3 is 2.46 bits per heavy atom. The van der Waals surface area contributed by atoms with Gasteiger partial charge in [0.15, 0.2) is 0 Å². The van der Waals surface area contributed by atoms with Gasteiger partial charge in [0.05, 0.1) is 6.10 Å². The van der Waals surface area contributed by atoms with Gasteiger partial charge in [-0.05, 0) is 26.9 Å². The number of ether oxygens (including phenoxy) is 1. The molecule has 3 nitrogen and oxygen atoms in total. The summed E-state index contributed by atoms with van der Waals surface area (Å²) >= 11 is 0. The first-order valence-electron chi connectivity index (χ1n) is 4.23. The summed E-state index contributed by atoms with van der Waals surface area (Å²) in [4.78, 5) is 11.0. The Morgan fingerprint density at radius 2 is 2.08 bits per heavy atom. The Kier molecular flexibility index (Phi) is 5.66. The molecule has 0 aromatic carbocycles. The maximum absolute atomic E-state index is 11.0. The third kappa shape index (κ3) is 6.54. The predicted octanol–water partition coefficient (Wildman–Crippen LogP) is 1.76. The zero-order valence-electron chi connectivity index (χ0n) is 8.72. The van der Waals surface area contributed by atoms with E-state index in [4.69, 9.17) is 9.16 Å². The number of hydrogen-bond donors (Lipinski definition) is 0. The van der Waals surface area contributed by atoms with E-state index in [2.05, 4.69) is 6.58 Å². The molecule has 1 atom stereocenters. The van der Waals surface area contributed by atoms with Crippen LogP contribution in [0.2, 0.25) is 13.1 Å². The molecule has 13 heavy (non-hydrogen) atoms. The van der Waals surface area contributed by atoms with Gasteiger partial charge >= 0.3 is 5.97 Å². The van der Waals surface area contributed by atoms with Crippen molar-refractivity contribution in [2.75, 3.05) is 6.61 Å². The second kappa shape index (κ2) is 5.94. The first-order chi connectivity index (χ1) is 5.93. The molecular formula is C9H17O3Si. The third-order valence-corrected chi connectivity index (χ3v) is 2.11. The zero-order valence-corrected chi connectivity index (χ0v) is 9.72. The Morgan fingerprint density at radius 1 is 1.54 bits per heavy atom. The largest absolute Gasteiger partial charge is 0.460 e. The monoisotopic (exact) mass is 201 g/mol. The first-order valence-corrected chi connectivity index (χ1v) is 6.63. The van der Waals surface area contributed by atoms with Gasteiger partial charge in [0.2, 0.25) is 9.04 Å². The molecule has 1 unspecified atom stereocenters. The fourth-order valence-electron chi connectivity index (χ4n) is 0.753. The van der Waals surface area contributed by atoms with Crippen LogP contribution in [-0.2, 0) is 14.0 Å². The van der Waals surface area contributed by atoms with E-state index in [-0.39, 0.29) is 12.1 Å². The molecule has 75 valence electrons. The quantitative estimate of drug-likeness (QED) is 0.386. The molecule has 0 saturated heterocycles. The minimum absolute atomic E-state index is 0.0211. The summed E-state index contributed by atoms with van der Waals surface area (Å²) in [5, 5.41) is 0. The van der Waals surface area contributed by atoms with Crippen LogP contribution in [0.3, 0.4) is 0 Å². The average Bonchev–Trinajstić information content (AvgIpc) is 1.98. The van der Waals surface area contributed by atoms with Gasteiger partial charge in [0, 0.05) is 5.57 Å². The zero-order chi connectivity index (χ0) is 10.4. The molecule has 0 N–H and O–H groups in total. The van der Waals surface area contributed by atoms with Crippen LogP contribution in [-0.4, -0.2) is 27.7 Å². The van der Waals surface area contributed by atoms with E-state index >= 15 is 0 Å². The van der Waals surface area contributed by atoms with Crippen LogP contribution in [0.1, 0.15) is 13.8 Å². The highest BCUT2D eigenvalue weighted by molar-refractivity contribution is 6.48. The normalized spacial score (nSPS) is 12.7. The standard InChI is InChI=1S/C9H17O3Si/c1-7(2)9(10)11-6-8(3)12-13(4)5/h8H,1,6H2,2-5H3. The van der Waals surface area contributed by atoms with Crippen LogP contribution < -0.4 is 0 Å². The fraction of sp³-hybridized carbons (Fsp3) is 0.667. The van der Waals surface area contributed by atoms with Crippen molar-refractivity contribution in [3.8, 4) is 0 Å². The van der Waals surface area contributed by atoms with Gasteiger partial charge in [0.25, 0.3) is 0 Å². The number of hydrogen-bond acceptors (Lipinski definition) is 3. The molecule has 0 saturated carbocycles. The third-order valence-electron chi connectivity index (χ3n) is 1.23. The van der Waals surface area contributed by atoms with Gasteiger partial charge in [0.1, 0.15) is 6.61 Å². The van der Waals surface area contributed by atoms with Gasteiger partial charge in [-0.25, -0.2) is 4.79 Å². The van der Waals surface area contributed by atoms with Crippen molar-refractivity contribution in [2.24, 2.45) is 0 Å². The van der Waals surface area contributed by atoms with E-state index in [0.29, 0.717) is 12.2 Å². The smallest absolute Gasteiger partial charge is 0.333 e. The lowest BCUT2D eigenvalue weighted by Gasteiger charge is -2.15. The summed E-state index contributed by atoms with van der Waals surface area (Å²) in [5.74, 6) is -0.351. The Labute approximate surface area is 81.5 Å². The molecule has 0 aliphatic rings. The molecule has 0 spiro atoms. The maximum atomic E-state index is 11.0. The van der Waals surface area contributed by atoms with E-state index in [1.807, 2.05) is 20.0 Å². The molecule has 4 heteroatoms. The van der Waals surface area contributed by atoms with E-state index in [9.17, 15) is 4.79 Å². The van der Waals surface area contributed by atoms with Crippen LogP contribution in [0, 0.1) is 0 Å². The van der Waals surface area contributed by atoms with Gasteiger partial charge in [-0.15, -0.1) is 0 Å². The molecule has 0 aromatic heterocycles. The number of esters is 1. The topological polar surface area (TPSA) is 35.5 Å². The van der Waals surface area contributed by atoms with E-state index in [1.165, 1.54) is 0 Å². The van der Waals surface area contributed by atoms with Crippen LogP contribution in [0.25, 0.3) is 0 Å². The Hall–Kier alpha value is -0.613. The fourth-order valence-corrected chi connectivity index (χ4v) is 1.63. The molecule has 0 heterocycles. The second-order valence-electron chi connectivity index (χ2n) is 3.22. The molecule has 0 rings (SSSR count). The van der Waals surface area contributed by atoms with Crippen molar-refractivity contribution in [1.82, 2.24) is 0 Å². The Bertz CT molecular complexity index is 189. The molecule has 0 bridgehead atoms. The second-order valence-corrected chi connectivity index (χ2v) is 5.27. The van der Waals surface area contributed by atoms with Crippen LogP contribution >= 0.6 is 0 Å². The summed E-state index contributed by atoms with van der Waals surface area (Å²) in [5.41, 5.74) is 0.422. The summed E-state index contributed by atoms with van der Waals surface area (Å²) in [6.45, 7) is 11.4. The number of carbonyl (C=O) groups is 1. The van der Waals surface area contributed by atoms with Gasteiger partial charge in [-0.3, -0.25) is 0 Å². The lowest BCUT2D eigenvalue weighted by molar-refractivity contribution is -0.141. The van der Waals surface area contributed by atoms with Crippen molar-refractivity contribution in [2.45, 2.75) is 33.0 Å². The van der Waals surface area contributed by atoms with Crippen LogP contribution in [0.5, 0.6) is 0 Å². The molecule has 1 radical (unpaired) electrons. The molecule has 0 amide bonds. The highest BCUT2D eigenvalue weighted by atomic mass is 28.3. The molecule has 0 aliphatic carbocycles. The first kappa shape index (κ1) is 12.4. The molecule has 0 fully saturated rings. The van der Waals surface area contributed by atoms with Gasteiger partial charge < -0.3 is 9.16 Å². The average molecular weight is 201 g/mol. The van der Waals surface area contributed by atoms with Crippen molar-refractivity contribution in [3.05, 3.63) is 12.2 Å². The van der Waals surface area contributed by atoms with E-state index < -0.39 is 9.04 Å². The van der Waals surface area contributed by atoms with Crippen molar-refractivity contribution in [1.29, 1.82) is 0 Å². The summed E-state index contributed by atoms with van der Waals surface area (Å²) in [6, 6.07) is 0. The van der Waals surface area contributed by atoms with Crippen molar-refractivity contribution in [3.63, 3.8) is 0 Å². The summed E-state index contributed by atoms with van der Waals surface area (Å²) in [6.07, 6.45) is -0.0211. The Balaban J connectivity index is 3.64. The molecular weight excluding hydrogens is 184 g/mol. The summed E-state index contributed by atoms with van der Waals surface area (Å²) in [7, 11) is -0.715. The van der Waals surface area contributed by atoms with Crippen LogP contribution in [0.4, 0.5) is 0 Å². The van der Waals surface area contributed by atoms with E-state index in [0.717, 1.165) is 0 Å². The molecule has 0 aromatic rings. The minimum Gasteiger partial charge on any atom is -0.460 e.